The third-order valence-corrected chi connectivity index (χ3v) is 6.19. The van der Waals surface area contributed by atoms with E-state index in [1.165, 1.54) is 28.4 Å². The van der Waals surface area contributed by atoms with Crippen LogP contribution in [0.1, 0.15) is 30.6 Å². The van der Waals surface area contributed by atoms with Gasteiger partial charge in [0, 0.05) is 4.88 Å². The van der Waals surface area contributed by atoms with Crippen LogP contribution in [0.5, 0.6) is 0 Å². The number of rotatable bonds is 8. The Morgan fingerprint density at radius 2 is 1.70 bits per heavy atom. The zero-order valence-corrected chi connectivity index (χ0v) is 17.7. The summed E-state index contributed by atoms with van der Waals surface area (Å²) in [5.74, 6) is -0.702. The first kappa shape index (κ1) is 22.2. The lowest BCUT2D eigenvalue weighted by Crippen LogP contribution is -2.29. The number of carbonyl (C=O) groups excluding carboxylic acids is 1. The molecule has 0 atom stereocenters. The topological polar surface area (TPSA) is 76.1 Å². The van der Waals surface area contributed by atoms with Crippen molar-refractivity contribution in [3.63, 3.8) is 0 Å². The number of hydrogen-bond acceptors (Lipinski definition) is 5. The SMILES string of the molecule is Cc1ccc(N(C(=O)OC[C@H]2CC[C@H](COCC(=O)O)CC2)c2ccc(F)cc2)s1. The Bertz CT molecular complexity index is 845. The van der Waals surface area contributed by atoms with Gasteiger partial charge in [-0.05, 0) is 80.8 Å². The Balaban J connectivity index is 1.54. The Kier molecular flexibility index (Phi) is 7.81. The monoisotopic (exact) mass is 435 g/mol. The summed E-state index contributed by atoms with van der Waals surface area (Å²) in [7, 11) is 0. The first-order valence-corrected chi connectivity index (χ1v) is 10.8. The molecule has 0 radical (unpaired) electrons. The van der Waals surface area contributed by atoms with Gasteiger partial charge in [-0.1, -0.05) is 0 Å². The number of benzene rings is 1. The van der Waals surface area contributed by atoms with Crippen molar-refractivity contribution in [3.8, 4) is 0 Å². The fourth-order valence-electron chi connectivity index (χ4n) is 3.59. The minimum absolute atomic E-state index is 0.265. The van der Waals surface area contributed by atoms with Crippen LogP contribution in [0.15, 0.2) is 36.4 Å². The summed E-state index contributed by atoms with van der Waals surface area (Å²) >= 11 is 1.47. The molecule has 1 heterocycles. The Morgan fingerprint density at radius 1 is 1.07 bits per heavy atom. The normalized spacial score (nSPS) is 18.7. The second kappa shape index (κ2) is 10.5. The van der Waals surface area contributed by atoms with Gasteiger partial charge in [-0.25, -0.2) is 18.9 Å². The molecule has 0 bridgehead atoms. The number of carbonyl (C=O) groups is 2. The second-order valence-corrected chi connectivity index (χ2v) is 8.83. The minimum Gasteiger partial charge on any atom is -0.480 e. The number of amides is 1. The number of aliphatic carboxylic acids is 1. The number of thiophene rings is 1. The van der Waals surface area contributed by atoms with Crippen LogP contribution in [-0.2, 0) is 14.3 Å². The molecular formula is C22H26FNO5S. The number of anilines is 2. The first-order valence-electron chi connectivity index (χ1n) is 10.0. The maximum atomic E-state index is 13.3. The van der Waals surface area contributed by atoms with Crippen molar-refractivity contribution >= 4 is 34.1 Å². The van der Waals surface area contributed by atoms with Crippen LogP contribution in [0, 0.1) is 24.6 Å². The molecule has 3 rings (SSSR count). The molecule has 1 aliphatic rings. The van der Waals surface area contributed by atoms with Crippen LogP contribution in [0.2, 0.25) is 0 Å². The smallest absolute Gasteiger partial charge is 0.419 e. The van der Waals surface area contributed by atoms with E-state index in [0.717, 1.165) is 35.6 Å². The Morgan fingerprint density at radius 3 is 2.27 bits per heavy atom. The number of carboxylic acid groups (broad SMARTS) is 1. The maximum Gasteiger partial charge on any atom is 0.419 e. The molecule has 1 aromatic heterocycles. The summed E-state index contributed by atoms with van der Waals surface area (Å²) in [6.07, 6.45) is 3.18. The molecule has 30 heavy (non-hydrogen) atoms. The quantitative estimate of drug-likeness (QED) is 0.603. The van der Waals surface area contributed by atoms with Crippen LogP contribution in [0.4, 0.5) is 19.9 Å². The van der Waals surface area contributed by atoms with E-state index in [-0.39, 0.29) is 18.3 Å². The standard InChI is InChI=1S/C22H26FNO5S/c1-15-2-11-20(30-15)24(19-9-7-18(23)8-10-19)22(27)29-13-17-5-3-16(4-6-17)12-28-14-21(25)26/h2,7-11,16-17H,3-6,12-14H2,1H3,(H,25,26)/t16-,17-. The maximum absolute atomic E-state index is 13.3. The third kappa shape index (κ3) is 6.27. The van der Waals surface area contributed by atoms with Crippen molar-refractivity contribution in [1.82, 2.24) is 0 Å². The van der Waals surface area contributed by atoms with Gasteiger partial charge in [0.15, 0.2) is 0 Å². The average Bonchev–Trinajstić information content (AvgIpc) is 3.14. The van der Waals surface area contributed by atoms with Crippen LogP contribution < -0.4 is 4.90 Å². The largest absolute Gasteiger partial charge is 0.480 e. The second-order valence-electron chi connectivity index (χ2n) is 7.57. The molecule has 0 saturated heterocycles. The zero-order valence-electron chi connectivity index (χ0n) is 16.9. The summed E-state index contributed by atoms with van der Waals surface area (Å²) in [4.78, 5) is 26.0. The molecule has 1 fully saturated rings. The number of carboxylic acids is 1. The van der Waals surface area contributed by atoms with Gasteiger partial charge in [-0.15, -0.1) is 11.3 Å². The molecule has 6 nitrogen and oxygen atoms in total. The summed E-state index contributed by atoms with van der Waals surface area (Å²) in [5.41, 5.74) is 0.558. The number of hydrogen-bond donors (Lipinski definition) is 1. The summed E-state index contributed by atoms with van der Waals surface area (Å²) in [6, 6.07) is 9.56. The van der Waals surface area contributed by atoms with Crippen molar-refractivity contribution in [3.05, 3.63) is 47.1 Å². The average molecular weight is 436 g/mol. The van der Waals surface area contributed by atoms with Gasteiger partial charge in [0.05, 0.1) is 18.9 Å². The van der Waals surface area contributed by atoms with E-state index in [1.54, 1.807) is 12.1 Å². The lowest BCUT2D eigenvalue weighted by molar-refractivity contribution is -0.142. The fourth-order valence-corrected chi connectivity index (χ4v) is 4.46. The van der Waals surface area contributed by atoms with Crippen molar-refractivity contribution < 1.29 is 28.6 Å². The third-order valence-electron chi connectivity index (χ3n) is 5.20. The van der Waals surface area contributed by atoms with E-state index in [0.29, 0.717) is 24.8 Å². The van der Waals surface area contributed by atoms with E-state index in [9.17, 15) is 14.0 Å². The number of aryl methyl sites for hydroxylation is 1. The summed E-state index contributed by atoms with van der Waals surface area (Å²) in [6.45, 7) is 2.47. The highest BCUT2D eigenvalue weighted by atomic mass is 32.1. The van der Waals surface area contributed by atoms with E-state index < -0.39 is 12.1 Å². The van der Waals surface area contributed by atoms with E-state index in [2.05, 4.69) is 0 Å². The van der Waals surface area contributed by atoms with Gasteiger partial charge in [0.2, 0.25) is 0 Å². The highest BCUT2D eigenvalue weighted by Gasteiger charge is 2.26. The molecule has 0 spiro atoms. The van der Waals surface area contributed by atoms with Crippen molar-refractivity contribution in [2.75, 3.05) is 24.7 Å². The van der Waals surface area contributed by atoms with Crippen LogP contribution in [-0.4, -0.2) is 37.0 Å². The van der Waals surface area contributed by atoms with Crippen molar-refractivity contribution in [2.45, 2.75) is 32.6 Å². The summed E-state index contributed by atoms with van der Waals surface area (Å²) in [5, 5.41) is 9.36. The Hall–Kier alpha value is -2.45. The summed E-state index contributed by atoms with van der Waals surface area (Å²) < 4.78 is 24.1. The molecule has 1 saturated carbocycles. The highest BCUT2D eigenvalue weighted by molar-refractivity contribution is 7.16. The molecule has 0 unspecified atom stereocenters. The van der Waals surface area contributed by atoms with Crippen LogP contribution in [0.3, 0.4) is 0 Å². The van der Waals surface area contributed by atoms with E-state index in [4.69, 9.17) is 14.6 Å². The Labute approximate surface area is 179 Å². The predicted molar refractivity (Wildman–Crippen MR) is 113 cm³/mol. The van der Waals surface area contributed by atoms with Gasteiger partial charge in [0.25, 0.3) is 0 Å². The number of halogens is 1. The van der Waals surface area contributed by atoms with Gasteiger partial charge < -0.3 is 14.6 Å². The molecule has 1 N–H and O–H groups in total. The van der Waals surface area contributed by atoms with E-state index in [1.807, 2.05) is 19.1 Å². The molecule has 162 valence electrons. The van der Waals surface area contributed by atoms with Crippen molar-refractivity contribution in [1.29, 1.82) is 0 Å². The molecular weight excluding hydrogens is 409 g/mol. The molecule has 1 amide bonds. The van der Waals surface area contributed by atoms with Crippen LogP contribution >= 0.6 is 11.3 Å². The predicted octanol–water partition coefficient (Wildman–Crippen LogP) is 5.38. The highest BCUT2D eigenvalue weighted by Crippen LogP contribution is 2.34. The van der Waals surface area contributed by atoms with Crippen LogP contribution in [0.25, 0.3) is 0 Å². The van der Waals surface area contributed by atoms with Gasteiger partial charge >= 0.3 is 12.1 Å². The minimum atomic E-state index is -0.956. The molecule has 8 heteroatoms. The first-order chi connectivity index (χ1) is 14.4. The molecule has 1 aromatic carbocycles. The number of ether oxygens (including phenoxy) is 2. The van der Waals surface area contributed by atoms with E-state index >= 15 is 0 Å². The van der Waals surface area contributed by atoms with Gasteiger partial charge in [-0.2, -0.15) is 0 Å². The molecule has 2 aromatic rings. The lowest BCUT2D eigenvalue weighted by Gasteiger charge is -2.28. The molecule has 0 aliphatic heterocycles. The number of nitrogens with zero attached hydrogens (tertiary/aromatic N) is 1. The van der Waals surface area contributed by atoms with Crippen molar-refractivity contribution in [2.24, 2.45) is 11.8 Å². The fraction of sp³-hybridized carbons (Fsp3) is 0.455. The molecule has 1 aliphatic carbocycles. The van der Waals surface area contributed by atoms with Gasteiger partial charge in [-0.3, -0.25) is 0 Å². The lowest BCUT2D eigenvalue weighted by atomic mass is 9.83. The zero-order chi connectivity index (χ0) is 21.5. The van der Waals surface area contributed by atoms with Gasteiger partial charge in [0.1, 0.15) is 17.4 Å².